The lowest BCUT2D eigenvalue weighted by Gasteiger charge is -2.46. The van der Waals surface area contributed by atoms with E-state index in [0.717, 1.165) is 23.8 Å². The van der Waals surface area contributed by atoms with E-state index in [1.165, 1.54) is 12.1 Å². The van der Waals surface area contributed by atoms with E-state index in [4.69, 9.17) is 25.5 Å². The van der Waals surface area contributed by atoms with Gasteiger partial charge in [0.25, 0.3) is 0 Å². The van der Waals surface area contributed by atoms with E-state index < -0.39 is 46.6 Å². The highest BCUT2D eigenvalue weighted by Gasteiger charge is 2.58. The molecule has 4 atom stereocenters. The Hall–Kier alpha value is -5.56. The molecule has 2 amide bonds. The van der Waals surface area contributed by atoms with E-state index >= 15 is 0 Å². The van der Waals surface area contributed by atoms with Gasteiger partial charge in [-0.3, -0.25) is 4.79 Å². The van der Waals surface area contributed by atoms with Crippen molar-refractivity contribution in [3.8, 4) is 22.8 Å². The molecule has 0 spiro atoms. The Morgan fingerprint density at radius 2 is 1.73 bits per heavy atom. The van der Waals surface area contributed by atoms with Crippen LogP contribution in [0.25, 0.3) is 11.3 Å². The van der Waals surface area contributed by atoms with E-state index in [9.17, 15) is 33.0 Å². The third kappa shape index (κ3) is 9.83. The summed E-state index contributed by atoms with van der Waals surface area (Å²) >= 11 is 6.36. The number of methoxy groups -OCH3 is 2. The van der Waals surface area contributed by atoms with Gasteiger partial charge in [0.15, 0.2) is 5.76 Å². The van der Waals surface area contributed by atoms with Crippen LogP contribution < -0.4 is 14.8 Å². The molecule has 0 saturated heterocycles. The molecule has 5 aromatic rings. The molecule has 63 heavy (non-hydrogen) atoms. The fraction of sp³-hybridized carbons (Fsp3) is 0.360. The number of urea groups is 1. The largest absolute Gasteiger partial charge is 0.497 e. The molecule has 0 aliphatic heterocycles. The van der Waals surface area contributed by atoms with Crippen LogP contribution in [0.5, 0.6) is 11.5 Å². The van der Waals surface area contributed by atoms with Crippen LogP contribution in [0, 0.1) is 5.41 Å². The van der Waals surface area contributed by atoms with Crippen molar-refractivity contribution in [2.45, 2.75) is 89.1 Å². The number of hydrogen-bond donors (Lipinski definition) is 3. The van der Waals surface area contributed by atoms with Gasteiger partial charge in [-0.15, -0.1) is 0 Å². The van der Waals surface area contributed by atoms with E-state index in [1.807, 2.05) is 50.2 Å². The summed E-state index contributed by atoms with van der Waals surface area (Å²) in [6.07, 6.45) is 0.0877. The molecule has 8 rings (SSSR count). The van der Waals surface area contributed by atoms with Crippen LogP contribution in [-0.4, -0.2) is 59.4 Å². The first kappa shape index (κ1) is 45.5. The zero-order valence-electron chi connectivity index (χ0n) is 35.7. The number of ketones is 1. The van der Waals surface area contributed by atoms with Gasteiger partial charge in [0.2, 0.25) is 5.78 Å². The average Bonchev–Trinajstić information content (AvgIpc) is 3.85. The molecule has 0 unspecified atom stereocenters. The monoisotopic (exact) mass is 884 g/mol. The Kier molecular flexibility index (Phi) is 13.5. The molecule has 0 radical (unpaired) electrons. The first-order valence-corrected chi connectivity index (χ1v) is 21.4. The molecule has 332 valence electrons. The van der Waals surface area contributed by atoms with Crippen LogP contribution in [-0.2, 0) is 19.1 Å². The molecular formula is C50H52ClF3N2O7. The molecule has 13 heteroatoms. The highest BCUT2D eigenvalue weighted by atomic mass is 35.5. The fourth-order valence-electron chi connectivity index (χ4n) is 9.25. The third-order valence-electron chi connectivity index (χ3n) is 12.9. The van der Waals surface area contributed by atoms with Crippen molar-refractivity contribution in [1.82, 2.24) is 4.90 Å². The van der Waals surface area contributed by atoms with Crippen molar-refractivity contribution < 1.29 is 46.9 Å². The van der Waals surface area contributed by atoms with Crippen LogP contribution in [0.3, 0.4) is 0 Å². The number of amides is 2. The number of benzene rings is 4. The fourth-order valence-corrected chi connectivity index (χ4v) is 9.46. The van der Waals surface area contributed by atoms with Crippen LogP contribution in [0.1, 0.15) is 96.7 Å². The molecule has 1 heterocycles. The summed E-state index contributed by atoms with van der Waals surface area (Å²) in [5, 5.41) is 27.4. The molecule has 3 aliphatic carbocycles. The van der Waals surface area contributed by atoms with Crippen LogP contribution >= 0.6 is 11.6 Å². The van der Waals surface area contributed by atoms with Crippen molar-refractivity contribution in [3.05, 3.63) is 147 Å². The van der Waals surface area contributed by atoms with Crippen LogP contribution in [0.4, 0.5) is 23.7 Å². The number of aliphatic hydroxyl groups excluding tert-OH is 1. The maximum Gasteiger partial charge on any atom is 0.416 e. The summed E-state index contributed by atoms with van der Waals surface area (Å²) in [7, 11) is 3.10. The van der Waals surface area contributed by atoms with Gasteiger partial charge in [-0.2, -0.15) is 13.2 Å². The van der Waals surface area contributed by atoms with Crippen molar-refractivity contribution in [2.24, 2.45) is 5.41 Å². The molecule has 9 nitrogen and oxygen atoms in total. The van der Waals surface area contributed by atoms with E-state index in [2.05, 4.69) is 11.4 Å². The van der Waals surface area contributed by atoms with Crippen molar-refractivity contribution in [2.75, 3.05) is 26.1 Å². The summed E-state index contributed by atoms with van der Waals surface area (Å²) in [5.74, 6) is 0.0712. The van der Waals surface area contributed by atoms with Gasteiger partial charge in [-0.05, 0) is 130 Å². The predicted molar refractivity (Wildman–Crippen MR) is 236 cm³/mol. The highest BCUT2D eigenvalue weighted by molar-refractivity contribution is 6.33. The van der Waals surface area contributed by atoms with Gasteiger partial charge in [0.05, 0.1) is 49.6 Å². The number of halogens is 4. The number of ether oxygens (including phenoxy) is 2. The van der Waals surface area contributed by atoms with Gasteiger partial charge in [0.1, 0.15) is 17.3 Å². The smallest absolute Gasteiger partial charge is 0.416 e. The molecule has 1 saturated carbocycles. The number of carbonyl (C=O) groups is 2. The van der Waals surface area contributed by atoms with Gasteiger partial charge in [-0.1, -0.05) is 60.5 Å². The second-order valence-electron chi connectivity index (χ2n) is 17.0. The minimum absolute atomic E-state index is 0.00526. The first-order chi connectivity index (χ1) is 30.0. The molecule has 1 aromatic heterocycles. The normalized spacial score (nSPS) is 21.5. The lowest BCUT2D eigenvalue weighted by molar-refractivity contribution is -0.137. The van der Waals surface area contributed by atoms with E-state index in [1.54, 1.807) is 49.5 Å². The van der Waals surface area contributed by atoms with E-state index in [-0.39, 0.29) is 41.6 Å². The Morgan fingerprint density at radius 1 is 0.952 bits per heavy atom. The average molecular weight is 885 g/mol. The summed E-state index contributed by atoms with van der Waals surface area (Å²) in [5.41, 5.74) is 0.742. The minimum atomic E-state index is -4.62. The Balaban J connectivity index is 1.30. The lowest BCUT2D eigenvalue weighted by Crippen LogP contribution is -2.54. The molecule has 4 aromatic carbocycles. The lowest BCUT2D eigenvalue weighted by atomic mass is 9.64. The SMILES string of the molecule is COc1ccc(CN(C[C@]2(O)CC[C@H]3c4ccc(cc4C(=O)c4ccc(-c5cc(C(F)(F)F)ccc5Cl)o4)C[C@@H](O)CCC(C)=CCC[C@@]32C)C(=O)Nc2ccccc2)c(OC)c1. The minimum Gasteiger partial charge on any atom is -0.497 e. The number of anilines is 1. The Bertz CT molecular complexity index is 2490. The molecular weight excluding hydrogens is 833 g/mol. The number of rotatable bonds is 10. The van der Waals surface area contributed by atoms with Crippen molar-refractivity contribution >= 4 is 29.1 Å². The Morgan fingerprint density at radius 3 is 2.46 bits per heavy atom. The number of fused-ring (bicyclic) bond motifs is 8. The van der Waals surface area contributed by atoms with Gasteiger partial charge in [0, 0.05) is 33.9 Å². The zero-order valence-corrected chi connectivity index (χ0v) is 36.5. The van der Waals surface area contributed by atoms with Gasteiger partial charge in [-0.25, -0.2) is 4.79 Å². The molecule has 1 fully saturated rings. The molecule has 3 N–H and O–H groups in total. The number of furan rings is 1. The third-order valence-corrected chi connectivity index (χ3v) is 13.3. The van der Waals surface area contributed by atoms with Gasteiger partial charge < -0.3 is 34.3 Å². The Labute approximate surface area is 370 Å². The number of aliphatic hydroxyl groups is 2. The van der Waals surface area contributed by atoms with Crippen molar-refractivity contribution in [3.63, 3.8) is 0 Å². The standard InChI is InChI=1S/C50H52ClF3N2O7/c1-31-9-8-23-48(2)41(22-24-49(48,60)30-56(47(59)55-35-10-6-5-7-11-35)29-33-14-17-37(61-3)28-45(33)62-4)38-18-13-32(25-36(57)16-12-31)26-39(38)46(58)44-21-20-43(63-44)40-27-34(50(52,53)54)15-19-42(40)51/h5-7,9-11,13-15,17-21,26-28,36,41,57,60H,8,12,16,22-25,29-30H2,1-4H3,(H,55,59)/t36-,41-,48-,49+/m0/s1. The highest BCUT2D eigenvalue weighted by Crippen LogP contribution is 2.59. The number of alkyl halides is 3. The second-order valence-corrected chi connectivity index (χ2v) is 17.4. The number of hydrogen-bond acceptors (Lipinski definition) is 7. The zero-order chi connectivity index (χ0) is 45.1. The maximum absolute atomic E-state index is 14.8. The summed E-state index contributed by atoms with van der Waals surface area (Å²) in [6.45, 7) is 4.08. The van der Waals surface area contributed by atoms with Crippen LogP contribution in [0.2, 0.25) is 5.02 Å². The topological polar surface area (TPSA) is 121 Å². The van der Waals surface area contributed by atoms with Crippen LogP contribution in [0.15, 0.2) is 113 Å². The number of nitrogens with one attached hydrogen (secondary N) is 1. The first-order valence-electron chi connectivity index (χ1n) is 21.0. The quantitative estimate of drug-likeness (QED) is 0.0943. The number of allylic oxidation sites excluding steroid dienone is 2. The van der Waals surface area contributed by atoms with Crippen molar-refractivity contribution in [1.29, 1.82) is 0 Å². The predicted octanol–water partition coefficient (Wildman–Crippen LogP) is 11.6. The number of para-hydroxylation sites is 1. The van der Waals surface area contributed by atoms with E-state index in [0.29, 0.717) is 78.0 Å². The second kappa shape index (κ2) is 18.7. The summed E-state index contributed by atoms with van der Waals surface area (Å²) < 4.78 is 58.2. The summed E-state index contributed by atoms with van der Waals surface area (Å²) in [4.78, 5) is 30.7. The molecule has 2 bridgehead atoms. The number of carbonyl (C=O) groups excluding carboxylic acids is 2. The molecule has 3 aliphatic rings. The van der Waals surface area contributed by atoms with Gasteiger partial charge >= 0.3 is 12.2 Å². The number of nitrogens with zero attached hydrogens (tertiary/aromatic N) is 1. The summed E-state index contributed by atoms with van der Waals surface area (Å²) in [6, 6.07) is 25.3. The maximum atomic E-state index is 14.8.